The van der Waals surface area contributed by atoms with E-state index >= 15 is 0 Å². The molecule has 0 fully saturated rings. The van der Waals surface area contributed by atoms with E-state index in [0.29, 0.717) is 0 Å². The zero-order valence-electron chi connectivity index (χ0n) is 17.0. The molecule has 0 rings (SSSR count). The van der Waals surface area contributed by atoms with E-state index in [9.17, 15) is 0 Å². The Morgan fingerprint density at radius 3 is 1.46 bits per heavy atom. The van der Waals surface area contributed by atoms with Crippen molar-refractivity contribution in [3.63, 3.8) is 0 Å². The Hall–Kier alpha value is 0.217. The fourth-order valence-corrected chi connectivity index (χ4v) is 4.59. The van der Waals surface area contributed by atoms with E-state index in [0.717, 1.165) is 0 Å². The Kier molecular flexibility index (Phi) is 1.55. The first-order valence-electron chi connectivity index (χ1n) is 8.25. The van der Waals surface area contributed by atoms with Crippen LogP contribution in [0.1, 0.15) is 51.1 Å². The van der Waals surface area contributed by atoms with Crippen LogP contribution in [-0.2, 0) is 0 Å². The maximum absolute atomic E-state index is 8.45. The van der Waals surface area contributed by atoms with E-state index in [1.165, 1.54) is 6.55 Å². The third kappa shape index (κ3) is 8.54. The van der Waals surface area contributed by atoms with E-state index in [4.69, 9.17) is 9.60 Å². The first kappa shape index (κ1) is 5.34. The molecule has 0 aromatic heterocycles. The van der Waals surface area contributed by atoms with Crippen molar-refractivity contribution in [1.29, 1.82) is 0 Å². The lowest BCUT2D eigenvalue weighted by molar-refractivity contribution is 0.434. The van der Waals surface area contributed by atoms with E-state index in [-0.39, 0.29) is 0 Å². The molecular formula is C12H28Si. The SMILES string of the molecule is [2H]C([2H])([2H])[Si](C)(C([2H])([2H])C(C)(C)C)C([2H])([2H])C(C)(C)C. The standard InChI is InChI=1S/C12H28Si/c1-11(2,3)9-13(7,8)10-12(4,5)6/h9-10H2,1-8H3/i7D3,9D2,10D2. The van der Waals surface area contributed by atoms with Gasteiger partial charge in [0.05, 0.1) is 0 Å². The highest BCUT2D eigenvalue weighted by Crippen LogP contribution is 2.36. The molecule has 1 heteroatoms. The second-order valence-electron chi connectivity index (χ2n) is 5.88. The lowest BCUT2D eigenvalue weighted by atomic mass is 10.00. The lowest BCUT2D eigenvalue weighted by Gasteiger charge is -2.35. The smallest absolute Gasteiger partial charge is 0.0484 e. The van der Waals surface area contributed by atoms with Gasteiger partial charge in [-0.25, -0.2) is 0 Å². The predicted molar refractivity (Wildman–Crippen MR) is 66.0 cm³/mol. The lowest BCUT2D eigenvalue weighted by Crippen LogP contribution is -2.35. The molecule has 13 heavy (non-hydrogen) atoms. The van der Waals surface area contributed by atoms with Gasteiger partial charge in [-0.3, -0.25) is 0 Å². The van der Waals surface area contributed by atoms with E-state index in [1.54, 1.807) is 41.5 Å². The van der Waals surface area contributed by atoms with Crippen LogP contribution >= 0.6 is 0 Å². The Morgan fingerprint density at radius 1 is 1.00 bits per heavy atom. The summed E-state index contributed by atoms with van der Waals surface area (Å²) in [5, 5.41) is 0. The molecule has 0 aliphatic rings. The third-order valence-electron chi connectivity index (χ3n) is 1.25. The molecule has 80 valence electrons. The molecule has 0 aliphatic carbocycles. The van der Waals surface area contributed by atoms with Gasteiger partial charge in [-0.05, 0) is 10.8 Å². The topological polar surface area (TPSA) is 0 Å². The van der Waals surface area contributed by atoms with Crippen LogP contribution in [0.5, 0.6) is 0 Å². The summed E-state index contributed by atoms with van der Waals surface area (Å²) in [6.07, 6.45) is 0. The first-order valence-corrected chi connectivity index (χ1v) is 7.25. The molecular weight excluding hydrogens is 172 g/mol. The van der Waals surface area contributed by atoms with Gasteiger partial charge in [-0.2, -0.15) is 0 Å². The number of rotatable bonds is 2. The highest BCUT2D eigenvalue weighted by atomic mass is 28.3. The molecule has 0 bridgehead atoms. The first-order chi connectivity index (χ1) is 8.25. The number of hydrogen-bond acceptors (Lipinski definition) is 0. The summed E-state index contributed by atoms with van der Waals surface area (Å²) in [7, 11) is -4.01. The monoisotopic (exact) mass is 207 g/mol. The maximum atomic E-state index is 8.45. The van der Waals surface area contributed by atoms with Crippen molar-refractivity contribution in [3.05, 3.63) is 0 Å². The molecule has 0 aromatic rings. The van der Waals surface area contributed by atoms with Gasteiger partial charge in [0.1, 0.15) is 0 Å². The summed E-state index contributed by atoms with van der Waals surface area (Å²) in [6, 6.07) is 0. The minimum atomic E-state index is -4.01. The van der Waals surface area contributed by atoms with Gasteiger partial charge in [0.15, 0.2) is 0 Å². The fraction of sp³-hybridized carbons (Fsp3) is 1.00. The zero-order chi connectivity index (χ0) is 17.0. The average molecular weight is 207 g/mol. The molecule has 0 amide bonds. The van der Waals surface area contributed by atoms with Crippen molar-refractivity contribution < 1.29 is 9.60 Å². The van der Waals surface area contributed by atoms with Crippen LogP contribution in [-0.4, -0.2) is 8.07 Å². The van der Waals surface area contributed by atoms with Crippen LogP contribution in [0.3, 0.4) is 0 Å². The molecule has 0 radical (unpaired) electrons. The molecule has 0 nitrogen and oxygen atoms in total. The molecule has 0 aliphatic heterocycles. The summed E-state index contributed by atoms with van der Waals surface area (Å²) in [5.41, 5.74) is -1.89. The van der Waals surface area contributed by atoms with Gasteiger partial charge in [-0.1, -0.05) is 66.6 Å². The predicted octanol–water partition coefficient (Wildman–Crippen LogP) is 4.79. The van der Waals surface area contributed by atoms with Gasteiger partial charge < -0.3 is 0 Å². The highest BCUT2D eigenvalue weighted by molar-refractivity contribution is 6.77. The minimum Gasteiger partial charge on any atom is -0.0693 e. The quantitative estimate of drug-likeness (QED) is 0.571. The van der Waals surface area contributed by atoms with Gasteiger partial charge in [0.25, 0.3) is 0 Å². The van der Waals surface area contributed by atoms with Crippen LogP contribution in [0.4, 0.5) is 0 Å². The van der Waals surface area contributed by atoms with Crippen LogP contribution in [0.25, 0.3) is 0 Å². The number of hydrogen-bond donors (Lipinski definition) is 0. The summed E-state index contributed by atoms with van der Waals surface area (Å²) in [6.45, 7) is 8.58. The molecule has 0 aromatic carbocycles. The highest BCUT2D eigenvalue weighted by Gasteiger charge is 2.31. The van der Waals surface area contributed by atoms with E-state index < -0.39 is 37.4 Å². The Balaban J connectivity index is 6.50. The van der Waals surface area contributed by atoms with E-state index in [2.05, 4.69) is 0 Å². The van der Waals surface area contributed by atoms with Crippen LogP contribution in [0, 0.1) is 10.8 Å². The summed E-state index contributed by atoms with van der Waals surface area (Å²) in [4.78, 5) is 0. The fourth-order valence-electron chi connectivity index (χ4n) is 1.53. The Labute approximate surface area is 96.0 Å². The van der Waals surface area contributed by atoms with Crippen molar-refractivity contribution in [1.82, 2.24) is 0 Å². The third-order valence-corrected chi connectivity index (χ3v) is 3.75. The van der Waals surface area contributed by atoms with Gasteiger partial charge >= 0.3 is 0 Å². The van der Waals surface area contributed by atoms with Crippen molar-refractivity contribution in [3.8, 4) is 0 Å². The minimum absolute atomic E-state index is 0.943. The molecule has 0 saturated carbocycles. The van der Waals surface area contributed by atoms with Gasteiger partial charge in [0.2, 0.25) is 0 Å². The van der Waals surface area contributed by atoms with Crippen LogP contribution < -0.4 is 0 Å². The summed E-state index contributed by atoms with van der Waals surface area (Å²) in [5.74, 6) is -4.16. The summed E-state index contributed by atoms with van der Waals surface area (Å²) < 4.78 is 57.4. The molecule has 0 spiro atoms. The zero-order valence-corrected chi connectivity index (χ0v) is 11.0. The average Bonchev–Trinajstić information content (AvgIpc) is 2.10. The second kappa shape index (κ2) is 3.76. The molecule has 0 N–H and O–H groups in total. The molecule has 0 heterocycles. The van der Waals surface area contributed by atoms with Crippen molar-refractivity contribution >= 4 is 8.07 Å². The Bertz CT molecular complexity index is 331. The maximum Gasteiger partial charge on any atom is 0.0484 e. The molecule has 0 unspecified atom stereocenters. The van der Waals surface area contributed by atoms with Crippen LogP contribution in [0.2, 0.25) is 25.0 Å². The largest absolute Gasteiger partial charge is 0.0693 e. The molecule has 0 saturated heterocycles. The summed E-state index contributed by atoms with van der Waals surface area (Å²) >= 11 is 0. The van der Waals surface area contributed by atoms with Crippen molar-refractivity contribution in [2.24, 2.45) is 10.8 Å². The molecule has 0 atom stereocenters. The van der Waals surface area contributed by atoms with Crippen molar-refractivity contribution in [2.45, 2.75) is 66.6 Å². The Morgan fingerprint density at radius 2 is 1.31 bits per heavy atom. The van der Waals surface area contributed by atoms with Gasteiger partial charge in [-0.15, -0.1) is 0 Å². The van der Waals surface area contributed by atoms with Crippen LogP contribution in [0.15, 0.2) is 0 Å². The van der Waals surface area contributed by atoms with Gasteiger partial charge in [0, 0.05) is 17.7 Å². The van der Waals surface area contributed by atoms with E-state index in [1.807, 2.05) is 0 Å². The second-order valence-corrected chi connectivity index (χ2v) is 8.62. The normalized spacial score (nSPS) is 25.9. The van der Waals surface area contributed by atoms with Crippen molar-refractivity contribution in [2.75, 3.05) is 0 Å².